The number of hydrogen-bond acceptors (Lipinski definition) is 6. The van der Waals surface area contributed by atoms with Gasteiger partial charge >= 0.3 is 6.03 Å². The molecule has 1 heterocycles. The quantitative estimate of drug-likeness (QED) is 0.370. The zero-order chi connectivity index (χ0) is 18.6. The van der Waals surface area contributed by atoms with E-state index in [0.29, 0.717) is 16.8 Å². The Balaban J connectivity index is 1.61. The lowest BCUT2D eigenvalue weighted by molar-refractivity contribution is 0.242. The van der Waals surface area contributed by atoms with E-state index in [0.717, 1.165) is 17.7 Å². The fraction of sp³-hybridized carbons (Fsp3) is 0.500. The highest BCUT2D eigenvalue weighted by Crippen LogP contribution is 2.27. The van der Waals surface area contributed by atoms with Crippen LogP contribution in [0.4, 0.5) is 9.93 Å². The Labute approximate surface area is 163 Å². The van der Waals surface area contributed by atoms with Gasteiger partial charge in [0, 0.05) is 23.0 Å². The van der Waals surface area contributed by atoms with Crippen LogP contribution in [0.15, 0.2) is 34.3 Å². The monoisotopic (exact) mass is 393 g/mol. The van der Waals surface area contributed by atoms with Gasteiger partial charge in [0.1, 0.15) is 0 Å². The van der Waals surface area contributed by atoms with Gasteiger partial charge in [-0.3, -0.25) is 5.43 Å². The van der Waals surface area contributed by atoms with Crippen LogP contribution in [0.5, 0.6) is 0 Å². The third-order valence-corrected chi connectivity index (χ3v) is 5.36. The first-order chi connectivity index (χ1) is 12.7. The maximum absolute atomic E-state index is 11.7. The number of hydrazine groups is 1. The Morgan fingerprint density at radius 2 is 1.85 bits per heavy atom. The average Bonchev–Trinajstić information content (AvgIpc) is 3.08. The molecule has 26 heavy (non-hydrogen) atoms. The molecule has 0 unspecified atom stereocenters. The van der Waals surface area contributed by atoms with Gasteiger partial charge in [0.2, 0.25) is 10.3 Å². The molecular weight excluding hydrogens is 366 g/mol. The fourth-order valence-electron chi connectivity index (χ4n) is 2.28. The van der Waals surface area contributed by atoms with Crippen LogP contribution in [0.3, 0.4) is 0 Å². The van der Waals surface area contributed by atoms with E-state index < -0.39 is 0 Å². The van der Waals surface area contributed by atoms with Crippen molar-refractivity contribution in [3.63, 3.8) is 0 Å². The number of nitrogens with one attached hydrogen (secondary N) is 3. The molecule has 0 saturated heterocycles. The third kappa shape index (κ3) is 8.05. The first-order valence-corrected chi connectivity index (χ1v) is 10.6. The number of carbonyl (C=O) groups excluding carboxylic acids is 1. The molecule has 142 valence electrons. The average molecular weight is 394 g/mol. The lowest BCUT2D eigenvalue weighted by atomic mass is 10.1. The van der Waals surface area contributed by atoms with Gasteiger partial charge < -0.3 is 5.32 Å². The van der Waals surface area contributed by atoms with E-state index in [4.69, 9.17) is 0 Å². The maximum atomic E-state index is 11.7. The van der Waals surface area contributed by atoms with E-state index in [1.165, 1.54) is 54.5 Å². The number of aryl methyl sites for hydroxylation is 1. The molecule has 3 N–H and O–H groups in total. The van der Waals surface area contributed by atoms with E-state index in [9.17, 15) is 4.79 Å². The van der Waals surface area contributed by atoms with Crippen molar-refractivity contribution in [2.24, 2.45) is 0 Å². The summed E-state index contributed by atoms with van der Waals surface area (Å²) in [5, 5.41) is 4.06. The van der Waals surface area contributed by atoms with Gasteiger partial charge in [-0.2, -0.15) is 9.36 Å². The van der Waals surface area contributed by atoms with E-state index >= 15 is 0 Å². The van der Waals surface area contributed by atoms with Gasteiger partial charge in [-0.1, -0.05) is 56.7 Å². The van der Waals surface area contributed by atoms with Gasteiger partial charge in [0.05, 0.1) is 0 Å². The molecule has 2 rings (SSSR count). The lowest BCUT2D eigenvalue weighted by Gasteiger charge is -2.07. The molecule has 0 aliphatic heterocycles. The minimum atomic E-state index is -0.249. The van der Waals surface area contributed by atoms with Gasteiger partial charge in [-0.25, -0.2) is 10.2 Å². The SMILES string of the molecule is CCCCCCCCNC(=O)NNc1nc(Sc2ccc(C)cc2)ns1. The van der Waals surface area contributed by atoms with E-state index in [1.807, 2.05) is 12.1 Å². The second kappa shape index (κ2) is 11.7. The van der Waals surface area contributed by atoms with Crippen LogP contribution < -0.4 is 16.2 Å². The summed E-state index contributed by atoms with van der Waals surface area (Å²) in [7, 11) is 0. The second-order valence-electron chi connectivity index (χ2n) is 6.07. The summed E-state index contributed by atoms with van der Waals surface area (Å²) in [6.45, 7) is 4.95. The summed E-state index contributed by atoms with van der Waals surface area (Å²) in [4.78, 5) is 17.2. The molecule has 2 aromatic rings. The maximum Gasteiger partial charge on any atom is 0.333 e. The van der Waals surface area contributed by atoms with Crippen molar-refractivity contribution in [1.82, 2.24) is 20.1 Å². The minimum absolute atomic E-state index is 0.249. The molecule has 0 bridgehead atoms. The molecule has 1 aromatic heterocycles. The number of urea groups is 1. The van der Waals surface area contributed by atoms with Crippen molar-refractivity contribution >= 4 is 34.5 Å². The molecule has 0 aliphatic carbocycles. The van der Waals surface area contributed by atoms with E-state index in [-0.39, 0.29) is 6.03 Å². The number of carbonyl (C=O) groups is 1. The predicted molar refractivity (Wildman–Crippen MR) is 109 cm³/mol. The molecule has 8 heteroatoms. The zero-order valence-corrected chi connectivity index (χ0v) is 17.0. The molecule has 0 atom stereocenters. The van der Waals surface area contributed by atoms with Gasteiger partial charge in [0.25, 0.3) is 0 Å². The summed E-state index contributed by atoms with van der Waals surface area (Å²) >= 11 is 2.71. The Bertz CT molecular complexity index is 660. The molecule has 0 spiro atoms. The number of unbranched alkanes of at least 4 members (excludes halogenated alkanes) is 5. The number of nitrogens with zero attached hydrogens (tertiary/aromatic N) is 2. The van der Waals surface area contributed by atoms with Crippen LogP contribution in [-0.2, 0) is 0 Å². The molecule has 0 aliphatic rings. The Morgan fingerprint density at radius 1 is 1.12 bits per heavy atom. The Kier molecular flexibility index (Phi) is 9.27. The zero-order valence-electron chi connectivity index (χ0n) is 15.4. The molecule has 2 amide bonds. The van der Waals surface area contributed by atoms with Gasteiger partial charge in [-0.05, 0) is 37.2 Å². The highest BCUT2D eigenvalue weighted by atomic mass is 32.2. The predicted octanol–water partition coefficient (Wildman–Crippen LogP) is 4.98. The molecule has 0 saturated carbocycles. The first kappa shape index (κ1) is 20.5. The van der Waals surface area contributed by atoms with Crippen molar-refractivity contribution in [2.45, 2.75) is 62.4 Å². The largest absolute Gasteiger partial charge is 0.337 e. The molecule has 1 aromatic carbocycles. The van der Waals surface area contributed by atoms with Crippen molar-refractivity contribution < 1.29 is 4.79 Å². The van der Waals surface area contributed by atoms with Crippen molar-refractivity contribution in [1.29, 1.82) is 0 Å². The van der Waals surface area contributed by atoms with Crippen LogP contribution >= 0.6 is 23.3 Å². The number of aromatic nitrogens is 2. The number of rotatable bonds is 11. The van der Waals surface area contributed by atoms with Crippen LogP contribution in [0, 0.1) is 6.92 Å². The molecule has 6 nitrogen and oxygen atoms in total. The van der Waals surface area contributed by atoms with Crippen molar-refractivity contribution in [3.05, 3.63) is 29.8 Å². The number of benzene rings is 1. The summed E-state index contributed by atoms with van der Waals surface area (Å²) in [5.74, 6) is 0. The lowest BCUT2D eigenvalue weighted by Crippen LogP contribution is -2.39. The first-order valence-electron chi connectivity index (χ1n) is 9.05. The smallest absolute Gasteiger partial charge is 0.333 e. The molecule has 0 fully saturated rings. The number of amides is 2. The van der Waals surface area contributed by atoms with Crippen molar-refractivity contribution in [3.8, 4) is 0 Å². The Hall–Kier alpha value is -1.80. The van der Waals surface area contributed by atoms with Crippen LogP contribution in [-0.4, -0.2) is 21.9 Å². The van der Waals surface area contributed by atoms with Crippen LogP contribution in [0.2, 0.25) is 0 Å². The van der Waals surface area contributed by atoms with Crippen LogP contribution in [0.25, 0.3) is 0 Å². The van der Waals surface area contributed by atoms with Crippen molar-refractivity contribution in [2.75, 3.05) is 12.0 Å². The van der Waals surface area contributed by atoms with Gasteiger partial charge in [0.15, 0.2) is 0 Å². The van der Waals surface area contributed by atoms with E-state index in [1.54, 1.807) is 0 Å². The summed E-state index contributed by atoms with van der Waals surface area (Å²) in [6, 6.07) is 7.96. The van der Waals surface area contributed by atoms with Gasteiger partial charge in [-0.15, -0.1) is 0 Å². The van der Waals surface area contributed by atoms with Crippen LogP contribution in [0.1, 0.15) is 51.0 Å². The summed E-state index contributed by atoms with van der Waals surface area (Å²) in [5.41, 5.74) is 6.61. The summed E-state index contributed by atoms with van der Waals surface area (Å²) in [6.07, 6.45) is 7.23. The highest BCUT2D eigenvalue weighted by Gasteiger charge is 2.07. The second-order valence-corrected chi connectivity index (χ2v) is 7.86. The molecule has 0 radical (unpaired) electrons. The summed E-state index contributed by atoms with van der Waals surface area (Å²) < 4.78 is 4.28. The highest BCUT2D eigenvalue weighted by molar-refractivity contribution is 7.99. The minimum Gasteiger partial charge on any atom is -0.337 e. The Morgan fingerprint density at radius 3 is 2.62 bits per heavy atom. The fourth-order valence-corrected chi connectivity index (χ4v) is 3.64. The third-order valence-electron chi connectivity index (χ3n) is 3.74. The normalized spacial score (nSPS) is 10.5. The standard InChI is InChI=1S/C18H27N5OS2/c1-3-4-5-6-7-8-13-19-16(24)21-22-17-20-18(23-26-17)25-15-11-9-14(2)10-12-15/h9-12H,3-8,13H2,1-2H3,(H2,19,21,24)(H,20,22,23). The van der Waals surface area contributed by atoms with E-state index in [2.05, 4.69) is 51.5 Å². The molecular formula is C18H27N5OS2. The number of hydrogen-bond donors (Lipinski definition) is 3. The number of anilines is 1. The topological polar surface area (TPSA) is 78.9 Å².